The minimum Gasteiger partial charge on any atom is -0.476 e. The summed E-state index contributed by atoms with van der Waals surface area (Å²) < 4.78 is 11.0. The van der Waals surface area contributed by atoms with Crippen molar-refractivity contribution in [2.45, 2.75) is 18.3 Å². The number of hydrogen-bond acceptors (Lipinski definition) is 7. The fraction of sp³-hybridized carbons (Fsp3) is 0.556. The van der Waals surface area contributed by atoms with Crippen molar-refractivity contribution in [2.75, 3.05) is 13.2 Å². The highest BCUT2D eigenvalue weighted by Gasteiger charge is 2.28. The number of aliphatic hydroxyl groups is 5. The quantitative estimate of drug-likeness (QED) is 0.282. The average Bonchev–Trinajstić information content (AvgIpc) is 2.35. The van der Waals surface area contributed by atoms with Crippen molar-refractivity contribution in [3.63, 3.8) is 0 Å². The lowest BCUT2D eigenvalue weighted by molar-refractivity contribution is -0.142. The van der Waals surface area contributed by atoms with Crippen molar-refractivity contribution in [1.82, 2.24) is 0 Å². The highest BCUT2D eigenvalue weighted by atomic mass is 19.1. The minimum atomic E-state index is -1.86. The zero-order chi connectivity index (χ0) is 14.9. The molecule has 0 unspecified atom stereocenters. The second-order valence-electron chi connectivity index (χ2n) is 3.02. The Bertz CT molecular complexity index is 280. The van der Waals surface area contributed by atoms with Gasteiger partial charge in [0.15, 0.2) is 5.78 Å². The summed E-state index contributed by atoms with van der Waals surface area (Å²) in [7, 11) is 0. The predicted molar refractivity (Wildman–Crippen MR) is 55.1 cm³/mol. The first-order chi connectivity index (χ1) is 8.18. The molecule has 0 aromatic heterocycles. The lowest BCUT2D eigenvalue weighted by Crippen LogP contribution is -2.44. The summed E-state index contributed by atoms with van der Waals surface area (Å²) in [5.74, 6) is -3.93. The number of halogens is 1. The molecule has 0 fully saturated rings. The number of aliphatic carboxylic acids is 1. The molecule has 0 amide bonds. The van der Waals surface area contributed by atoms with Crippen LogP contribution in [-0.2, 0) is 9.59 Å². The van der Waals surface area contributed by atoms with Crippen LogP contribution >= 0.6 is 0 Å². The van der Waals surface area contributed by atoms with Crippen LogP contribution in [0.2, 0.25) is 0 Å². The van der Waals surface area contributed by atoms with E-state index in [0.29, 0.717) is 0 Å². The lowest BCUT2D eigenvalue weighted by Gasteiger charge is -2.19. The first kappa shape index (κ1) is 19.0. The normalized spacial score (nSPS) is 14.8. The van der Waals surface area contributed by atoms with Gasteiger partial charge in [-0.3, -0.25) is 4.79 Å². The Kier molecular flexibility index (Phi) is 10.1. The maximum absolute atomic E-state index is 11.0. The van der Waals surface area contributed by atoms with Gasteiger partial charge in [-0.15, -0.1) is 0 Å². The molecule has 0 aromatic rings. The first-order valence-corrected chi connectivity index (χ1v) is 4.55. The fourth-order valence-corrected chi connectivity index (χ4v) is 0.602. The van der Waals surface area contributed by atoms with Crippen LogP contribution in [0.4, 0.5) is 4.39 Å². The van der Waals surface area contributed by atoms with E-state index >= 15 is 0 Å². The van der Waals surface area contributed by atoms with E-state index < -0.39 is 49.1 Å². The molecule has 0 aromatic carbocycles. The predicted octanol–water partition coefficient (Wildman–Crippen LogP) is -2.82. The van der Waals surface area contributed by atoms with Gasteiger partial charge in [0.2, 0.25) is 5.83 Å². The van der Waals surface area contributed by atoms with Gasteiger partial charge in [-0.05, 0) is 0 Å². The zero-order valence-electron chi connectivity index (χ0n) is 9.23. The van der Waals surface area contributed by atoms with Gasteiger partial charge in [-0.25, -0.2) is 4.79 Å². The number of rotatable bonds is 6. The number of ketones is 1. The summed E-state index contributed by atoms with van der Waals surface area (Å²) >= 11 is 0. The van der Waals surface area contributed by atoms with Crippen LogP contribution in [-0.4, -0.2) is 73.9 Å². The van der Waals surface area contributed by atoms with Gasteiger partial charge in [0.05, 0.1) is 6.61 Å². The maximum atomic E-state index is 11.0. The highest BCUT2D eigenvalue weighted by molar-refractivity contribution is 5.84. The number of carbonyl (C=O) groups excluding carboxylic acids is 1. The standard InChI is InChI=1S/C6H12O6.C3H3FO2/c7-1-3(9)5(11)6(12)4(10)2-8;1-2(4)3(5)6/h3,5-9,11-12H,1-2H2;1H2,(H,5,6)/t3-,5+,6+;/m1./s1. The number of carbonyl (C=O) groups is 2. The molecule has 18 heavy (non-hydrogen) atoms. The summed E-state index contributed by atoms with van der Waals surface area (Å²) in [6.45, 7) is 0.801. The average molecular weight is 270 g/mol. The molecule has 106 valence electrons. The van der Waals surface area contributed by atoms with Crippen LogP contribution in [0.15, 0.2) is 12.4 Å². The molecule has 0 saturated heterocycles. The van der Waals surface area contributed by atoms with Gasteiger partial charge >= 0.3 is 5.97 Å². The summed E-state index contributed by atoms with van der Waals surface area (Å²) in [6.07, 6.45) is -5.22. The van der Waals surface area contributed by atoms with Gasteiger partial charge in [0.1, 0.15) is 24.9 Å². The molecule has 0 aliphatic rings. The summed E-state index contributed by atoms with van der Waals surface area (Å²) in [4.78, 5) is 19.7. The van der Waals surface area contributed by atoms with Crippen LogP contribution in [0.25, 0.3) is 0 Å². The third-order valence-electron chi connectivity index (χ3n) is 1.62. The number of carboxylic acids is 1. The van der Waals surface area contributed by atoms with E-state index in [9.17, 15) is 14.0 Å². The van der Waals surface area contributed by atoms with Crippen LogP contribution < -0.4 is 0 Å². The molecule has 0 aliphatic heterocycles. The van der Waals surface area contributed by atoms with Crippen molar-refractivity contribution in [3.05, 3.63) is 12.4 Å². The van der Waals surface area contributed by atoms with Crippen molar-refractivity contribution in [3.8, 4) is 0 Å². The van der Waals surface area contributed by atoms with E-state index in [0.717, 1.165) is 0 Å². The molecule has 3 atom stereocenters. The Balaban J connectivity index is 0. The van der Waals surface area contributed by atoms with Crippen LogP contribution in [0.1, 0.15) is 0 Å². The van der Waals surface area contributed by atoms with Crippen LogP contribution in [0.5, 0.6) is 0 Å². The Morgan fingerprint density at radius 2 is 1.56 bits per heavy atom. The number of aliphatic hydroxyl groups excluding tert-OH is 5. The largest absolute Gasteiger partial charge is 0.476 e. The Morgan fingerprint density at radius 1 is 1.17 bits per heavy atom. The highest BCUT2D eigenvalue weighted by Crippen LogP contribution is 2.00. The van der Waals surface area contributed by atoms with E-state index in [1.54, 1.807) is 0 Å². The Morgan fingerprint density at radius 3 is 1.78 bits per heavy atom. The second kappa shape index (κ2) is 9.62. The number of carboxylic acid groups (broad SMARTS) is 1. The van der Waals surface area contributed by atoms with E-state index in [1.807, 2.05) is 0 Å². The van der Waals surface area contributed by atoms with E-state index in [4.69, 9.17) is 30.6 Å². The van der Waals surface area contributed by atoms with E-state index in [2.05, 4.69) is 6.58 Å². The van der Waals surface area contributed by atoms with Crippen LogP contribution in [0.3, 0.4) is 0 Å². The lowest BCUT2D eigenvalue weighted by atomic mass is 10.1. The smallest absolute Gasteiger partial charge is 0.364 e. The summed E-state index contributed by atoms with van der Waals surface area (Å²) in [5, 5.41) is 50.6. The molecule has 0 saturated carbocycles. The summed E-state index contributed by atoms with van der Waals surface area (Å²) in [6, 6.07) is 0. The van der Waals surface area contributed by atoms with Crippen molar-refractivity contribution < 1.29 is 44.6 Å². The molecule has 0 heterocycles. The van der Waals surface area contributed by atoms with E-state index in [-0.39, 0.29) is 0 Å². The van der Waals surface area contributed by atoms with Gasteiger partial charge in [0, 0.05) is 0 Å². The molecule has 9 heteroatoms. The number of hydrogen-bond donors (Lipinski definition) is 6. The molecule has 0 radical (unpaired) electrons. The monoisotopic (exact) mass is 270 g/mol. The Hall–Kier alpha value is -1.39. The summed E-state index contributed by atoms with van der Waals surface area (Å²) in [5.41, 5.74) is 0. The maximum Gasteiger partial charge on any atom is 0.364 e. The van der Waals surface area contributed by atoms with Crippen LogP contribution in [0, 0.1) is 0 Å². The molecule has 0 spiro atoms. The van der Waals surface area contributed by atoms with Gasteiger partial charge in [0.25, 0.3) is 0 Å². The third kappa shape index (κ3) is 7.81. The first-order valence-electron chi connectivity index (χ1n) is 4.55. The SMILES string of the molecule is C=C(F)C(=O)O.O=C(CO)[C@H](O)[C@@H](O)[C@H](O)CO. The third-order valence-corrected chi connectivity index (χ3v) is 1.62. The van der Waals surface area contributed by atoms with E-state index in [1.165, 1.54) is 0 Å². The fourth-order valence-electron chi connectivity index (χ4n) is 0.602. The molecule has 8 nitrogen and oxygen atoms in total. The number of Topliss-reactive ketones (excluding diaryl/α,β-unsaturated/α-hetero) is 1. The van der Waals surface area contributed by atoms with Gasteiger partial charge < -0.3 is 30.6 Å². The Labute approximate surface area is 101 Å². The topological polar surface area (TPSA) is 156 Å². The molecular formula is C9H15FO8. The van der Waals surface area contributed by atoms with Gasteiger partial charge in [-0.1, -0.05) is 6.58 Å². The van der Waals surface area contributed by atoms with Gasteiger partial charge in [-0.2, -0.15) is 4.39 Å². The molecule has 0 aliphatic carbocycles. The second-order valence-corrected chi connectivity index (χ2v) is 3.02. The van der Waals surface area contributed by atoms with Crippen molar-refractivity contribution in [1.29, 1.82) is 0 Å². The zero-order valence-corrected chi connectivity index (χ0v) is 9.23. The molecule has 0 rings (SSSR count). The minimum absolute atomic E-state index is 0.767. The van der Waals surface area contributed by atoms with Crippen molar-refractivity contribution >= 4 is 11.8 Å². The molecular weight excluding hydrogens is 255 g/mol. The molecule has 6 N–H and O–H groups in total. The molecule has 0 bridgehead atoms. The van der Waals surface area contributed by atoms with Crippen molar-refractivity contribution in [2.24, 2.45) is 0 Å².